The number of phenols is 1. The van der Waals surface area contributed by atoms with E-state index in [-0.39, 0.29) is 17.7 Å². The summed E-state index contributed by atoms with van der Waals surface area (Å²) >= 11 is 5.66. The second-order valence-electron chi connectivity index (χ2n) is 4.06. The van der Waals surface area contributed by atoms with Crippen LogP contribution in [0.15, 0.2) is 18.2 Å². The summed E-state index contributed by atoms with van der Waals surface area (Å²) in [5, 5.41) is 12.4. The molecule has 1 aromatic rings. The number of phenolic OH excluding ortho intramolecular Hbond substituents is 1. The number of benzene rings is 1. The summed E-state index contributed by atoms with van der Waals surface area (Å²) in [4.78, 5) is 11.9. The van der Waals surface area contributed by atoms with E-state index >= 15 is 0 Å². The van der Waals surface area contributed by atoms with Crippen LogP contribution in [0.2, 0.25) is 0 Å². The Morgan fingerprint density at radius 2 is 2.24 bits per heavy atom. The Morgan fingerprint density at radius 1 is 1.53 bits per heavy atom. The zero-order valence-electron chi connectivity index (χ0n) is 10.2. The van der Waals surface area contributed by atoms with Crippen LogP contribution in [0.5, 0.6) is 5.75 Å². The quantitative estimate of drug-likeness (QED) is 0.795. The molecular weight excluding hydrogens is 238 g/mol. The average Bonchev–Trinajstić information content (AvgIpc) is 2.31. The van der Waals surface area contributed by atoms with Crippen LogP contribution < -0.4 is 5.32 Å². The van der Waals surface area contributed by atoms with Crippen LogP contribution in [0.1, 0.15) is 35.7 Å². The minimum Gasteiger partial charge on any atom is -0.508 e. The lowest BCUT2D eigenvalue weighted by Crippen LogP contribution is -2.34. The maximum Gasteiger partial charge on any atom is 0.251 e. The van der Waals surface area contributed by atoms with Gasteiger partial charge < -0.3 is 10.4 Å². The number of aromatic hydroxyl groups is 1. The topological polar surface area (TPSA) is 49.3 Å². The van der Waals surface area contributed by atoms with E-state index < -0.39 is 0 Å². The molecule has 17 heavy (non-hydrogen) atoms. The fraction of sp³-hybridized carbons (Fsp3) is 0.462. The van der Waals surface area contributed by atoms with E-state index in [1.807, 2.05) is 6.92 Å². The van der Waals surface area contributed by atoms with Crippen molar-refractivity contribution in [2.45, 2.75) is 32.7 Å². The Morgan fingerprint density at radius 3 is 2.76 bits per heavy atom. The van der Waals surface area contributed by atoms with Crippen molar-refractivity contribution in [2.75, 3.05) is 5.88 Å². The van der Waals surface area contributed by atoms with Gasteiger partial charge in [0.15, 0.2) is 0 Å². The standard InChI is InChI=1S/C13H18ClNO2/c1-3-11(6-7-14)15-13(17)10-5-4-9(2)12(16)8-10/h4-5,8,11,16H,3,6-7H2,1-2H3,(H,15,17). The molecule has 1 amide bonds. The number of carbonyl (C=O) groups excluding carboxylic acids is 1. The third-order valence-corrected chi connectivity index (χ3v) is 2.98. The summed E-state index contributed by atoms with van der Waals surface area (Å²) in [5.41, 5.74) is 1.23. The first-order valence-electron chi connectivity index (χ1n) is 5.75. The van der Waals surface area contributed by atoms with Gasteiger partial charge in [-0.3, -0.25) is 4.79 Å². The highest BCUT2D eigenvalue weighted by molar-refractivity contribution is 6.17. The first-order chi connectivity index (χ1) is 8.08. The smallest absolute Gasteiger partial charge is 0.251 e. The van der Waals surface area contributed by atoms with E-state index in [2.05, 4.69) is 5.32 Å². The number of halogens is 1. The monoisotopic (exact) mass is 255 g/mol. The number of nitrogens with one attached hydrogen (secondary N) is 1. The first kappa shape index (κ1) is 13.8. The Bertz CT molecular complexity index is 393. The molecule has 1 aromatic carbocycles. The number of amides is 1. The molecule has 0 aliphatic heterocycles. The molecule has 2 N–H and O–H groups in total. The number of aryl methyl sites for hydroxylation is 1. The van der Waals surface area contributed by atoms with Gasteiger partial charge in [0, 0.05) is 17.5 Å². The largest absolute Gasteiger partial charge is 0.508 e. The van der Waals surface area contributed by atoms with Gasteiger partial charge in [-0.1, -0.05) is 13.0 Å². The fourth-order valence-corrected chi connectivity index (χ4v) is 1.79. The van der Waals surface area contributed by atoms with Gasteiger partial charge in [-0.05, 0) is 37.5 Å². The maximum atomic E-state index is 11.9. The molecule has 3 nitrogen and oxygen atoms in total. The molecule has 0 aromatic heterocycles. The van der Waals surface area contributed by atoms with Gasteiger partial charge in [0.25, 0.3) is 5.91 Å². The summed E-state index contributed by atoms with van der Waals surface area (Å²) in [6.45, 7) is 3.80. The molecule has 0 fully saturated rings. The Balaban J connectivity index is 2.72. The van der Waals surface area contributed by atoms with Crippen molar-refractivity contribution in [3.8, 4) is 5.75 Å². The lowest BCUT2D eigenvalue weighted by atomic mass is 10.1. The SMILES string of the molecule is CCC(CCCl)NC(=O)c1ccc(C)c(O)c1. The molecule has 1 unspecified atom stereocenters. The molecule has 4 heteroatoms. The highest BCUT2D eigenvalue weighted by Gasteiger charge is 2.12. The zero-order chi connectivity index (χ0) is 12.8. The lowest BCUT2D eigenvalue weighted by molar-refractivity contribution is 0.0934. The van der Waals surface area contributed by atoms with Gasteiger partial charge in [0.1, 0.15) is 5.75 Å². The number of alkyl halides is 1. The van der Waals surface area contributed by atoms with Crippen LogP contribution in [-0.2, 0) is 0 Å². The van der Waals surface area contributed by atoms with Crippen LogP contribution in [-0.4, -0.2) is 22.9 Å². The molecule has 94 valence electrons. The summed E-state index contributed by atoms with van der Waals surface area (Å²) < 4.78 is 0. The molecular formula is C13H18ClNO2. The Labute approximate surface area is 107 Å². The van der Waals surface area contributed by atoms with Gasteiger partial charge in [0.05, 0.1) is 0 Å². The Kier molecular flexibility index (Phi) is 5.29. The van der Waals surface area contributed by atoms with Crippen LogP contribution >= 0.6 is 11.6 Å². The van der Waals surface area contributed by atoms with Crippen LogP contribution in [0, 0.1) is 6.92 Å². The van der Waals surface area contributed by atoms with E-state index in [0.717, 1.165) is 18.4 Å². The summed E-state index contributed by atoms with van der Waals surface area (Å²) in [7, 11) is 0. The number of hydrogen-bond acceptors (Lipinski definition) is 2. The normalized spacial score (nSPS) is 12.2. The number of hydrogen-bond donors (Lipinski definition) is 2. The molecule has 1 rings (SSSR count). The van der Waals surface area contributed by atoms with Gasteiger partial charge in [-0.25, -0.2) is 0 Å². The average molecular weight is 256 g/mol. The van der Waals surface area contributed by atoms with E-state index in [1.54, 1.807) is 19.1 Å². The highest BCUT2D eigenvalue weighted by atomic mass is 35.5. The van der Waals surface area contributed by atoms with E-state index in [4.69, 9.17) is 11.6 Å². The summed E-state index contributed by atoms with van der Waals surface area (Å²) in [5.74, 6) is 0.498. The van der Waals surface area contributed by atoms with Crippen molar-refractivity contribution in [3.05, 3.63) is 29.3 Å². The van der Waals surface area contributed by atoms with Crippen molar-refractivity contribution in [3.63, 3.8) is 0 Å². The predicted molar refractivity (Wildman–Crippen MR) is 69.7 cm³/mol. The highest BCUT2D eigenvalue weighted by Crippen LogP contribution is 2.17. The van der Waals surface area contributed by atoms with E-state index in [1.165, 1.54) is 6.07 Å². The Hall–Kier alpha value is -1.22. The zero-order valence-corrected chi connectivity index (χ0v) is 10.9. The minimum absolute atomic E-state index is 0.0865. The second kappa shape index (κ2) is 6.50. The number of carbonyl (C=O) groups is 1. The third-order valence-electron chi connectivity index (χ3n) is 2.76. The summed E-state index contributed by atoms with van der Waals surface area (Å²) in [6.07, 6.45) is 1.60. The van der Waals surface area contributed by atoms with Gasteiger partial charge >= 0.3 is 0 Å². The predicted octanol–water partition coefficient (Wildman–Crippen LogP) is 2.84. The second-order valence-corrected chi connectivity index (χ2v) is 4.44. The van der Waals surface area contributed by atoms with Crippen molar-refractivity contribution < 1.29 is 9.90 Å². The molecule has 0 heterocycles. The van der Waals surface area contributed by atoms with Crippen LogP contribution in [0.25, 0.3) is 0 Å². The van der Waals surface area contributed by atoms with Crippen molar-refractivity contribution in [2.24, 2.45) is 0 Å². The van der Waals surface area contributed by atoms with Crippen molar-refractivity contribution in [1.82, 2.24) is 5.32 Å². The molecule has 0 saturated carbocycles. The van der Waals surface area contributed by atoms with Gasteiger partial charge in [-0.2, -0.15) is 0 Å². The molecule has 0 bridgehead atoms. The molecule has 1 atom stereocenters. The summed E-state index contributed by atoms with van der Waals surface area (Å²) in [6, 6.07) is 5.01. The molecule has 0 spiro atoms. The van der Waals surface area contributed by atoms with Crippen LogP contribution in [0.3, 0.4) is 0 Å². The van der Waals surface area contributed by atoms with Gasteiger partial charge in [0.2, 0.25) is 0 Å². The van der Waals surface area contributed by atoms with Gasteiger partial charge in [-0.15, -0.1) is 11.6 Å². The lowest BCUT2D eigenvalue weighted by Gasteiger charge is -2.15. The molecule has 0 aliphatic carbocycles. The maximum absolute atomic E-state index is 11.9. The number of rotatable bonds is 5. The fourth-order valence-electron chi connectivity index (χ4n) is 1.53. The van der Waals surface area contributed by atoms with Crippen molar-refractivity contribution in [1.29, 1.82) is 0 Å². The molecule has 0 radical (unpaired) electrons. The first-order valence-corrected chi connectivity index (χ1v) is 6.28. The molecule has 0 saturated heterocycles. The van der Waals surface area contributed by atoms with E-state index in [0.29, 0.717) is 11.4 Å². The third kappa shape index (κ3) is 3.93. The van der Waals surface area contributed by atoms with Crippen LogP contribution in [0.4, 0.5) is 0 Å². The van der Waals surface area contributed by atoms with E-state index in [9.17, 15) is 9.90 Å². The minimum atomic E-state index is -0.169. The molecule has 0 aliphatic rings. The van der Waals surface area contributed by atoms with Crippen molar-refractivity contribution >= 4 is 17.5 Å².